The lowest BCUT2D eigenvalue weighted by Gasteiger charge is -2.34. The lowest BCUT2D eigenvalue weighted by atomic mass is 10.1. The van der Waals surface area contributed by atoms with Crippen LogP contribution < -0.4 is 5.32 Å². The highest BCUT2D eigenvalue weighted by molar-refractivity contribution is 6.30. The maximum Gasteiger partial charge on any atom is 0.221 e. The molecule has 2 aromatic rings. The molecule has 0 unspecified atom stereocenters. The molecule has 144 valence electrons. The quantitative estimate of drug-likeness (QED) is 0.757. The fraction of sp³-hybridized carbons (Fsp3) is 0.409. The van der Waals surface area contributed by atoms with Crippen LogP contribution in [0.3, 0.4) is 0 Å². The second-order valence-corrected chi connectivity index (χ2v) is 7.52. The summed E-state index contributed by atoms with van der Waals surface area (Å²) in [6, 6.07) is 18.4. The minimum Gasteiger partial charge on any atom is -0.356 e. The van der Waals surface area contributed by atoms with Gasteiger partial charge in [-0.15, -0.1) is 0 Å². The van der Waals surface area contributed by atoms with Gasteiger partial charge in [-0.1, -0.05) is 54.1 Å². The van der Waals surface area contributed by atoms with Crippen molar-refractivity contribution in [3.05, 3.63) is 70.7 Å². The van der Waals surface area contributed by atoms with Gasteiger partial charge in [-0.3, -0.25) is 9.69 Å². The van der Waals surface area contributed by atoms with Crippen molar-refractivity contribution in [2.24, 2.45) is 0 Å². The summed E-state index contributed by atoms with van der Waals surface area (Å²) in [5.41, 5.74) is 2.56. The summed E-state index contributed by atoms with van der Waals surface area (Å²) in [4.78, 5) is 16.9. The van der Waals surface area contributed by atoms with Gasteiger partial charge in [0.2, 0.25) is 5.91 Å². The van der Waals surface area contributed by atoms with Crippen molar-refractivity contribution < 1.29 is 4.79 Å². The van der Waals surface area contributed by atoms with Crippen LogP contribution in [0, 0.1) is 0 Å². The van der Waals surface area contributed by atoms with Crippen molar-refractivity contribution in [3.8, 4) is 0 Å². The zero-order chi connectivity index (χ0) is 18.9. The molecule has 0 atom stereocenters. The predicted molar refractivity (Wildman–Crippen MR) is 111 cm³/mol. The number of rotatable bonds is 8. The summed E-state index contributed by atoms with van der Waals surface area (Å²) >= 11 is 5.88. The number of halogens is 1. The minimum absolute atomic E-state index is 0.135. The van der Waals surface area contributed by atoms with E-state index in [2.05, 4.69) is 45.4 Å². The molecule has 1 saturated heterocycles. The number of piperazine rings is 1. The zero-order valence-corrected chi connectivity index (χ0v) is 16.5. The van der Waals surface area contributed by atoms with Gasteiger partial charge in [0, 0.05) is 57.3 Å². The van der Waals surface area contributed by atoms with E-state index in [9.17, 15) is 4.79 Å². The maximum atomic E-state index is 12.1. The normalized spacial score (nSPS) is 15.6. The van der Waals surface area contributed by atoms with E-state index in [4.69, 9.17) is 11.6 Å². The monoisotopic (exact) mass is 385 g/mol. The number of carbonyl (C=O) groups excluding carboxylic acids is 1. The Morgan fingerprint density at radius 1 is 0.889 bits per heavy atom. The first-order valence-corrected chi connectivity index (χ1v) is 10.1. The van der Waals surface area contributed by atoms with Crippen LogP contribution in [0.25, 0.3) is 0 Å². The lowest BCUT2D eigenvalue weighted by molar-refractivity contribution is -0.121. The van der Waals surface area contributed by atoms with Crippen LogP contribution in [0.4, 0.5) is 0 Å². The summed E-state index contributed by atoms with van der Waals surface area (Å²) in [6.45, 7) is 6.72. The van der Waals surface area contributed by atoms with Crippen LogP contribution in [0.2, 0.25) is 5.02 Å². The highest BCUT2D eigenvalue weighted by Crippen LogP contribution is 2.10. The van der Waals surface area contributed by atoms with Crippen molar-refractivity contribution >= 4 is 17.5 Å². The van der Waals surface area contributed by atoms with Crippen LogP contribution >= 0.6 is 11.6 Å². The molecule has 1 N–H and O–H groups in total. The molecule has 5 heteroatoms. The number of nitrogens with zero attached hydrogens (tertiary/aromatic N) is 2. The molecule has 0 radical (unpaired) electrons. The summed E-state index contributed by atoms with van der Waals surface area (Å²) in [7, 11) is 0. The van der Waals surface area contributed by atoms with Crippen LogP contribution in [0.1, 0.15) is 17.5 Å². The van der Waals surface area contributed by atoms with Crippen LogP contribution in [-0.4, -0.2) is 55.0 Å². The molecule has 1 amide bonds. The van der Waals surface area contributed by atoms with Crippen molar-refractivity contribution in [1.82, 2.24) is 15.1 Å². The maximum absolute atomic E-state index is 12.1. The van der Waals surface area contributed by atoms with Gasteiger partial charge in [0.05, 0.1) is 0 Å². The van der Waals surface area contributed by atoms with E-state index in [0.717, 1.165) is 50.7 Å². The van der Waals surface area contributed by atoms with Crippen LogP contribution in [0.15, 0.2) is 54.6 Å². The first kappa shape index (κ1) is 19.9. The predicted octanol–water partition coefficient (Wildman–Crippen LogP) is 3.21. The van der Waals surface area contributed by atoms with Crippen molar-refractivity contribution in [1.29, 1.82) is 0 Å². The van der Waals surface area contributed by atoms with Gasteiger partial charge in [0.15, 0.2) is 0 Å². The third kappa shape index (κ3) is 6.98. The Bertz CT molecular complexity index is 697. The molecule has 0 spiro atoms. The van der Waals surface area contributed by atoms with Gasteiger partial charge in [0.1, 0.15) is 0 Å². The summed E-state index contributed by atoms with van der Waals surface area (Å²) in [5, 5.41) is 3.76. The van der Waals surface area contributed by atoms with E-state index in [1.165, 1.54) is 11.1 Å². The Kier molecular flexibility index (Phi) is 7.69. The zero-order valence-electron chi connectivity index (χ0n) is 15.7. The molecule has 1 fully saturated rings. The first-order valence-electron chi connectivity index (χ1n) is 9.69. The third-order valence-corrected chi connectivity index (χ3v) is 5.27. The molecule has 0 saturated carbocycles. The highest BCUT2D eigenvalue weighted by Gasteiger charge is 2.17. The largest absolute Gasteiger partial charge is 0.356 e. The molecule has 3 rings (SSSR count). The Balaban J connectivity index is 1.28. The van der Waals surface area contributed by atoms with Crippen molar-refractivity contribution in [3.63, 3.8) is 0 Å². The molecular weight excluding hydrogens is 358 g/mol. The number of hydrogen-bond acceptors (Lipinski definition) is 3. The first-order chi connectivity index (χ1) is 13.2. The fourth-order valence-electron chi connectivity index (χ4n) is 3.36. The summed E-state index contributed by atoms with van der Waals surface area (Å²) < 4.78 is 0. The van der Waals surface area contributed by atoms with E-state index in [0.29, 0.717) is 13.0 Å². The smallest absolute Gasteiger partial charge is 0.221 e. The number of amides is 1. The number of nitrogens with one attached hydrogen (secondary N) is 1. The van der Waals surface area contributed by atoms with Crippen molar-refractivity contribution in [2.75, 3.05) is 39.3 Å². The Labute approximate surface area is 167 Å². The molecule has 1 heterocycles. The van der Waals surface area contributed by atoms with Gasteiger partial charge in [-0.2, -0.15) is 0 Å². The van der Waals surface area contributed by atoms with E-state index < -0.39 is 0 Å². The lowest BCUT2D eigenvalue weighted by Crippen LogP contribution is -2.46. The Hall–Kier alpha value is -1.88. The Morgan fingerprint density at radius 2 is 1.56 bits per heavy atom. The van der Waals surface area contributed by atoms with Gasteiger partial charge < -0.3 is 10.2 Å². The molecule has 0 bridgehead atoms. The number of carbonyl (C=O) groups is 1. The highest BCUT2D eigenvalue weighted by atomic mass is 35.5. The topological polar surface area (TPSA) is 35.6 Å². The third-order valence-electron chi connectivity index (χ3n) is 5.02. The second-order valence-electron chi connectivity index (χ2n) is 7.08. The van der Waals surface area contributed by atoms with E-state index in [-0.39, 0.29) is 5.91 Å². The molecule has 1 aliphatic rings. The van der Waals surface area contributed by atoms with Crippen LogP contribution in [-0.2, 0) is 17.8 Å². The van der Waals surface area contributed by atoms with Gasteiger partial charge >= 0.3 is 0 Å². The van der Waals surface area contributed by atoms with Crippen LogP contribution in [0.5, 0.6) is 0 Å². The van der Waals surface area contributed by atoms with E-state index in [1.54, 1.807) is 0 Å². The summed E-state index contributed by atoms with van der Waals surface area (Å²) in [5.74, 6) is 0.135. The molecule has 0 aliphatic carbocycles. The van der Waals surface area contributed by atoms with E-state index >= 15 is 0 Å². The van der Waals surface area contributed by atoms with Gasteiger partial charge in [0.25, 0.3) is 0 Å². The molecule has 4 nitrogen and oxygen atoms in total. The molecule has 27 heavy (non-hydrogen) atoms. The van der Waals surface area contributed by atoms with Crippen molar-refractivity contribution in [2.45, 2.75) is 19.4 Å². The second kappa shape index (κ2) is 10.5. The molecular formula is C22H28ClN3O. The molecule has 2 aromatic carbocycles. The molecule has 1 aliphatic heterocycles. The van der Waals surface area contributed by atoms with E-state index in [1.807, 2.05) is 24.3 Å². The standard InChI is InChI=1S/C22H28ClN3O/c23-21-8-6-19(7-9-21)10-12-24-22(27)11-13-25-14-16-26(17-15-25)18-20-4-2-1-3-5-20/h1-9H,10-18H2,(H,24,27). The average molecular weight is 386 g/mol. The SMILES string of the molecule is O=C(CCN1CCN(Cc2ccccc2)CC1)NCCc1ccc(Cl)cc1. The van der Waals surface area contributed by atoms with Gasteiger partial charge in [-0.25, -0.2) is 0 Å². The fourth-order valence-corrected chi connectivity index (χ4v) is 3.48. The number of hydrogen-bond donors (Lipinski definition) is 1. The average Bonchev–Trinajstić information content (AvgIpc) is 2.70. The van der Waals surface area contributed by atoms with Gasteiger partial charge in [-0.05, 0) is 29.7 Å². The minimum atomic E-state index is 0.135. The Morgan fingerprint density at radius 3 is 2.26 bits per heavy atom. The molecule has 0 aromatic heterocycles. The number of benzene rings is 2. The summed E-state index contributed by atoms with van der Waals surface area (Å²) in [6.07, 6.45) is 1.40.